The fourth-order valence-electron chi connectivity index (χ4n) is 2.25. The second-order valence-corrected chi connectivity index (χ2v) is 4.32. The van der Waals surface area contributed by atoms with Gasteiger partial charge >= 0.3 is 0 Å². The monoisotopic (exact) mass is 220 g/mol. The van der Waals surface area contributed by atoms with Gasteiger partial charge in [-0.1, -0.05) is 0 Å². The highest BCUT2D eigenvalue weighted by atomic mass is 16.6. The quantitative estimate of drug-likeness (QED) is 0.767. The first kappa shape index (κ1) is 9.78. The molecule has 0 unspecified atom stereocenters. The van der Waals surface area contributed by atoms with E-state index in [1.54, 1.807) is 0 Å². The summed E-state index contributed by atoms with van der Waals surface area (Å²) in [6, 6.07) is 6.40. The molecule has 2 heterocycles. The number of fused-ring (bicyclic) bond motifs is 1. The number of ether oxygens (including phenoxy) is 2. The van der Waals surface area contributed by atoms with Crippen LogP contribution in [-0.4, -0.2) is 32.3 Å². The normalized spacial score (nSPS) is 23.6. The Labute approximate surface area is 94.9 Å². The average Bonchev–Trinajstić information content (AvgIpc) is 2.75. The highest BCUT2D eigenvalue weighted by molar-refractivity contribution is 5.57. The van der Waals surface area contributed by atoms with E-state index in [4.69, 9.17) is 15.2 Å². The Bertz CT molecular complexity index is 395. The van der Waals surface area contributed by atoms with E-state index in [1.165, 1.54) is 5.69 Å². The fraction of sp³-hybridized carbons (Fsp3) is 0.500. The molecule has 16 heavy (non-hydrogen) atoms. The lowest BCUT2D eigenvalue weighted by Gasteiger charge is -2.23. The molecule has 0 spiro atoms. The van der Waals surface area contributed by atoms with Crippen molar-refractivity contribution in [2.24, 2.45) is 5.73 Å². The third-order valence-corrected chi connectivity index (χ3v) is 3.12. The summed E-state index contributed by atoms with van der Waals surface area (Å²) in [6.45, 7) is 3.23. The molecule has 0 amide bonds. The second kappa shape index (κ2) is 3.87. The molecule has 3 rings (SSSR count). The first-order valence-corrected chi connectivity index (χ1v) is 5.73. The van der Waals surface area contributed by atoms with Gasteiger partial charge in [0, 0.05) is 30.9 Å². The lowest BCUT2D eigenvalue weighted by atomic mass is 10.2. The van der Waals surface area contributed by atoms with Crippen molar-refractivity contribution >= 4 is 5.69 Å². The molecule has 4 nitrogen and oxygen atoms in total. The van der Waals surface area contributed by atoms with Crippen LogP contribution in [-0.2, 0) is 0 Å². The molecule has 0 radical (unpaired) electrons. The van der Waals surface area contributed by atoms with Crippen molar-refractivity contribution in [2.45, 2.75) is 12.5 Å². The van der Waals surface area contributed by atoms with Crippen LogP contribution in [0.25, 0.3) is 0 Å². The number of nitrogens with two attached hydrogens (primary N) is 1. The summed E-state index contributed by atoms with van der Waals surface area (Å²) in [7, 11) is 0. The molecule has 1 aromatic carbocycles. The highest BCUT2D eigenvalue weighted by Gasteiger charge is 2.21. The summed E-state index contributed by atoms with van der Waals surface area (Å²) in [4.78, 5) is 2.29. The zero-order valence-electron chi connectivity index (χ0n) is 9.19. The topological polar surface area (TPSA) is 47.7 Å². The third-order valence-electron chi connectivity index (χ3n) is 3.12. The number of anilines is 1. The molecule has 0 aromatic heterocycles. The van der Waals surface area contributed by atoms with Crippen LogP contribution < -0.4 is 20.1 Å². The van der Waals surface area contributed by atoms with E-state index in [1.807, 2.05) is 12.1 Å². The summed E-state index contributed by atoms with van der Waals surface area (Å²) in [5.74, 6) is 1.70. The number of hydrogen-bond acceptors (Lipinski definition) is 4. The summed E-state index contributed by atoms with van der Waals surface area (Å²) < 4.78 is 11.1. The second-order valence-electron chi connectivity index (χ2n) is 4.32. The van der Waals surface area contributed by atoms with Crippen molar-refractivity contribution in [1.29, 1.82) is 0 Å². The maximum absolute atomic E-state index is 5.90. The molecule has 86 valence electrons. The zero-order chi connectivity index (χ0) is 11.0. The zero-order valence-corrected chi connectivity index (χ0v) is 9.19. The van der Waals surface area contributed by atoms with E-state index in [0.29, 0.717) is 19.3 Å². The number of rotatable bonds is 1. The summed E-state index contributed by atoms with van der Waals surface area (Å²) in [5.41, 5.74) is 7.08. The predicted molar refractivity (Wildman–Crippen MR) is 62.2 cm³/mol. The smallest absolute Gasteiger partial charge is 0.163 e. The molecule has 2 aliphatic rings. The van der Waals surface area contributed by atoms with Crippen LogP contribution in [0.1, 0.15) is 6.42 Å². The van der Waals surface area contributed by atoms with Gasteiger partial charge in [-0.15, -0.1) is 0 Å². The standard InChI is InChI=1S/C12H16N2O2/c13-9-3-4-14(8-9)10-1-2-11-12(7-10)16-6-5-15-11/h1-2,7,9H,3-6,8,13H2/t9-/m0/s1. The maximum Gasteiger partial charge on any atom is 0.163 e. The highest BCUT2D eigenvalue weighted by Crippen LogP contribution is 2.34. The van der Waals surface area contributed by atoms with Gasteiger partial charge in [-0.3, -0.25) is 0 Å². The van der Waals surface area contributed by atoms with Crippen molar-refractivity contribution in [1.82, 2.24) is 0 Å². The van der Waals surface area contributed by atoms with Gasteiger partial charge in [0.25, 0.3) is 0 Å². The van der Waals surface area contributed by atoms with Crippen LogP contribution in [0.2, 0.25) is 0 Å². The third kappa shape index (κ3) is 1.69. The van der Waals surface area contributed by atoms with Crippen molar-refractivity contribution in [3.8, 4) is 11.5 Å². The minimum atomic E-state index is 0.299. The van der Waals surface area contributed by atoms with E-state index in [2.05, 4.69) is 11.0 Å². The average molecular weight is 220 g/mol. The van der Waals surface area contributed by atoms with Crippen molar-refractivity contribution in [3.05, 3.63) is 18.2 Å². The van der Waals surface area contributed by atoms with Crippen LogP contribution >= 0.6 is 0 Å². The van der Waals surface area contributed by atoms with Gasteiger partial charge in [0.05, 0.1) is 0 Å². The number of nitrogens with zero attached hydrogens (tertiary/aromatic N) is 1. The van der Waals surface area contributed by atoms with Crippen molar-refractivity contribution in [2.75, 3.05) is 31.2 Å². The van der Waals surface area contributed by atoms with Gasteiger partial charge in [-0.05, 0) is 18.6 Å². The molecule has 1 fully saturated rings. The SMILES string of the molecule is N[C@H]1CCN(c2ccc3c(c2)OCCO3)C1. The lowest BCUT2D eigenvalue weighted by Crippen LogP contribution is -2.26. The van der Waals surface area contributed by atoms with Crippen molar-refractivity contribution in [3.63, 3.8) is 0 Å². The molecule has 1 saturated heterocycles. The first-order chi connectivity index (χ1) is 7.83. The Balaban J connectivity index is 1.85. The number of hydrogen-bond donors (Lipinski definition) is 1. The molecule has 2 aliphatic heterocycles. The van der Waals surface area contributed by atoms with Crippen LogP contribution in [0.5, 0.6) is 11.5 Å². The Morgan fingerprint density at radius 3 is 2.75 bits per heavy atom. The van der Waals surface area contributed by atoms with Crippen molar-refractivity contribution < 1.29 is 9.47 Å². The van der Waals surface area contributed by atoms with E-state index >= 15 is 0 Å². The Hall–Kier alpha value is -1.42. The molecule has 0 saturated carbocycles. The van der Waals surface area contributed by atoms with Crippen LogP contribution in [0.4, 0.5) is 5.69 Å². The summed E-state index contributed by atoms with van der Waals surface area (Å²) in [6.07, 6.45) is 1.06. The van der Waals surface area contributed by atoms with E-state index in [-0.39, 0.29) is 0 Å². The predicted octanol–water partition coefficient (Wildman–Crippen LogP) is 0.995. The lowest BCUT2D eigenvalue weighted by molar-refractivity contribution is 0.171. The Morgan fingerprint density at radius 2 is 2.00 bits per heavy atom. The van der Waals surface area contributed by atoms with Gasteiger partial charge in [0.1, 0.15) is 13.2 Å². The molecule has 1 atom stereocenters. The molecule has 4 heteroatoms. The Kier molecular flexibility index (Phi) is 2.36. The van der Waals surface area contributed by atoms with Gasteiger partial charge < -0.3 is 20.1 Å². The van der Waals surface area contributed by atoms with Crippen LogP contribution in [0, 0.1) is 0 Å². The summed E-state index contributed by atoms with van der Waals surface area (Å²) in [5, 5.41) is 0. The molecule has 0 aliphatic carbocycles. The first-order valence-electron chi connectivity index (χ1n) is 5.73. The molecular weight excluding hydrogens is 204 g/mol. The molecule has 1 aromatic rings. The largest absolute Gasteiger partial charge is 0.486 e. The van der Waals surface area contributed by atoms with Gasteiger partial charge in [-0.2, -0.15) is 0 Å². The van der Waals surface area contributed by atoms with Gasteiger partial charge in [0.2, 0.25) is 0 Å². The fourth-order valence-corrected chi connectivity index (χ4v) is 2.25. The van der Waals surface area contributed by atoms with Crippen LogP contribution in [0.15, 0.2) is 18.2 Å². The van der Waals surface area contributed by atoms with Crippen LogP contribution in [0.3, 0.4) is 0 Å². The van der Waals surface area contributed by atoms with Gasteiger partial charge in [0.15, 0.2) is 11.5 Å². The summed E-state index contributed by atoms with van der Waals surface area (Å²) >= 11 is 0. The Morgan fingerprint density at radius 1 is 1.19 bits per heavy atom. The maximum atomic E-state index is 5.90. The van der Waals surface area contributed by atoms with E-state index < -0.39 is 0 Å². The van der Waals surface area contributed by atoms with Gasteiger partial charge in [-0.25, -0.2) is 0 Å². The molecule has 0 bridgehead atoms. The minimum absolute atomic E-state index is 0.299. The number of benzene rings is 1. The molecule has 2 N–H and O–H groups in total. The molecular formula is C12H16N2O2. The van der Waals surface area contributed by atoms with E-state index in [9.17, 15) is 0 Å². The minimum Gasteiger partial charge on any atom is -0.486 e. The van der Waals surface area contributed by atoms with E-state index in [0.717, 1.165) is 31.0 Å².